The quantitative estimate of drug-likeness (QED) is 0.321. The van der Waals surface area contributed by atoms with E-state index in [1.54, 1.807) is 30.3 Å². The van der Waals surface area contributed by atoms with Gasteiger partial charge in [-0.15, -0.1) is 0 Å². The highest BCUT2D eigenvalue weighted by Gasteiger charge is 2.24. The number of ketones is 1. The van der Waals surface area contributed by atoms with Crippen LogP contribution >= 0.6 is 0 Å². The minimum Gasteiger partial charge on any atom is -0.390 e. The minimum absolute atomic E-state index is 0.133. The van der Waals surface area contributed by atoms with Crippen LogP contribution in [0, 0.1) is 0 Å². The number of hydrogen-bond donors (Lipinski definition) is 3. The van der Waals surface area contributed by atoms with Gasteiger partial charge in [0.2, 0.25) is 0 Å². The molecule has 0 heterocycles. The number of unbranched alkanes of at least 4 members (excludes halogenated alkanes) is 8. The Balaban J connectivity index is 2.14. The number of hydrogen-bond acceptors (Lipinski definition) is 4. The van der Waals surface area contributed by atoms with Gasteiger partial charge in [0.05, 0.1) is 12.2 Å². The molecule has 0 fully saturated rings. The third kappa shape index (κ3) is 9.46. The average Bonchev–Trinajstić information content (AvgIpc) is 2.66. The van der Waals surface area contributed by atoms with Crippen molar-refractivity contribution in [2.24, 2.45) is 0 Å². The van der Waals surface area contributed by atoms with Crippen molar-refractivity contribution in [3.63, 3.8) is 0 Å². The smallest absolute Gasteiger partial charge is 0.191 e. The van der Waals surface area contributed by atoms with E-state index in [-0.39, 0.29) is 6.42 Å². The Kier molecular flexibility index (Phi) is 12.2. The van der Waals surface area contributed by atoms with Gasteiger partial charge in [0.25, 0.3) is 0 Å². The number of benzene rings is 1. The van der Waals surface area contributed by atoms with Crippen molar-refractivity contribution in [1.82, 2.24) is 0 Å². The first-order valence-corrected chi connectivity index (χ1v) is 10.2. The molecule has 0 amide bonds. The second-order valence-corrected chi connectivity index (χ2v) is 7.23. The molecule has 4 nitrogen and oxygen atoms in total. The maximum absolute atomic E-state index is 12.1. The highest BCUT2D eigenvalue weighted by Crippen LogP contribution is 2.15. The Bertz CT molecular complexity index is 474. The van der Waals surface area contributed by atoms with Gasteiger partial charge in [-0.1, -0.05) is 95.0 Å². The molecular formula is C22H36O4. The topological polar surface area (TPSA) is 77.8 Å². The van der Waals surface area contributed by atoms with Gasteiger partial charge in [-0.2, -0.15) is 0 Å². The van der Waals surface area contributed by atoms with E-state index in [1.807, 2.05) is 0 Å². The summed E-state index contributed by atoms with van der Waals surface area (Å²) in [4.78, 5) is 12.1. The van der Waals surface area contributed by atoms with E-state index in [2.05, 4.69) is 6.92 Å². The molecule has 3 N–H and O–H groups in total. The zero-order valence-corrected chi connectivity index (χ0v) is 16.1. The Hall–Kier alpha value is -1.23. The largest absolute Gasteiger partial charge is 0.390 e. The summed E-state index contributed by atoms with van der Waals surface area (Å²) in [6, 6.07) is 8.53. The zero-order chi connectivity index (χ0) is 19.2. The van der Waals surface area contributed by atoms with E-state index in [1.165, 1.54) is 38.5 Å². The Morgan fingerprint density at radius 3 is 1.92 bits per heavy atom. The van der Waals surface area contributed by atoms with Crippen LogP contribution in [-0.2, 0) is 0 Å². The second-order valence-electron chi connectivity index (χ2n) is 7.23. The molecule has 3 atom stereocenters. The Labute approximate surface area is 158 Å². The van der Waals surface area contributed by atoms with Crippen molar-refractivity contribution in [3.05, 3.63) is 35.9 Å². The lowest BCUT2D eigenvalue weighted by atomic mass is 9.96. The first kappa shape index (κ1) is 22.8. The minimum atomic E-state index is -1.29. The van der Waals surface area contributed by atoms with E-state index >= 15 is 0 Å². The molecule has 0 aliphatic heterocycles. The van der Waals surface area contributed by atoms with Gasteiger partial charge >= 0.3 is 0 Å². The molecule has 1 aromatic rings. The maximum Gasteiger partial charge on any atom is 0.191 e. The van der Waals surface area contributed by atoms with Gasteiger partial charge in [-0.3, -0.25) is 4.79 Å². The van der Waals surface area contributed by atoms with Gasteiger partial charge in [0.15, 0.2) is 5.78 Å². The first-order valence-electron chi connectivity index (χ1n) is 10.2. The van der Waals surface area contributed by atoms with Crippen molar-refractivity contribution in [2.75, 3.05) is 0 Å². The first-order chi connectivity index (χ1) is 12.6. The summed E-state index contributed by atoms with van der Waals surface area (Å²) in [5.74, 6) is -0.417. The number of rotatable bonds is 15. The lowest BCUT2D eigenvalue weighted by Crippen LogP contribution is -2.33. The van der Waals surface area contributed by atoms with Crippen LogP contribution in [0.5, 0.6) is 0 Å². The van der Waals surface area contributed by atoms with Crippen LogP contribution in [0.25, 0.3) is 0 Å². The van der Waals surface area contributed by atoms with Crippen LogP contribution in [0.4, 0.5) is 0 Å². The lowest BCUT2D eigenvalue weighted by Gasteiger charge is -2.20. The van der Waals surface area contributed by atoms with Crippen molar-refractivity contribution in [1.29, 1.82) is 0 Å². The third-order valence-corrected chi connectivity index (χ3v) is 4.87. The molecule has 0 spiro atoms. The van der Waals surface area contributed by atoms with E-state index in [0.717, 1.165) is 19.3 Å². The summed E-state index contributed by atoms with van der Waals surface area (Å²) in [7, 11) is 0. The Morgan fingerprint density at radius 2 is 1.35 bits per heavy atom. The molecule has 0 bridgehead atoms. The summed E-state index contributed by atoms with van der Waals surface area (Å²) in [5.41, 5.74) is 0.417. The molecule has 0 aromatic heterocycles. The number of carbonyl (C=O) groups excluding carboxylic acids is 1. The predicted octanol–water partition coefficient (Wildman–Crippen LogP) is 4.26. The summed E-state index contributed by atoms with van der Waals surface area (Å²) < 4.78 is 0. The molecule has 4 heteroatoms. The summed E-state index contributed by atoms with van der Waals surface area (Å²) >= 11 is 0. The molecule has 3 unspecified atom stereocenters. The lowest BCUT2D eigenvalue weighted by molar-refractivity contribution is -0.0130. The van der Waals surface area contributed by atoms with Gasteiger partial charge in [-0.25, -0.2) is 0 Å². The molecule has 1 rings (SSSR count). The average molecular weight is 365 g/mol. The van der Waals surface area contributed by atoms with Gasteiger partial charge in [0.1, 0.15) is 6.10 Å². The normalized spacial score (nSPS) is 14.8. The van der Waals surface area contributed by atoms with E-state index < -0.39 is 24.1 Å². The van der Waals surface area contributed by atoms with Crippen LogP contribution in [0.1, 0.15) is 87.9 Å². The number of aliphatic hydroxyl groups excluding tert-OH is 3. The van der Waals surface area contributed by atoms with Crippen LogP contribution < -0.4 is 0 Å². The molecule has 0 saturated heterocycles. The molecule has 0 aliphatic carbocycles. The fraction of sp³-hybridized carbons (Fsp3) is 0.682. The third-order valence-electron chi connectivity index (χ3n) is 4.87. The number of aliphatic hydroxyl groups is 3. The zero-order valence-electron chi connectivity index (χ0n) is 16.1. The van der Waals surface area contributed by atoms with Crippen LogP contribution in [0.3, 0.4) is 0 Å². The van der Waals surface area contributed by atoms with Crippen molar-refractivity contribution < 1.29 is 20.1 Å². The fourth-order valence-electron chi connectivity index (χ4n) is 3.14. The van der Waals surface area contributed by atoms with Crippen LogP contribution in [-0.4, -0.2) is 39.4 Å². The van der Waals surface area contributed by atoms with Crippen LogP contribution in [0.15, 0.2) is 30.3 Å². The van der Waals surface area contributed by atoms with E-state index in [0.29, 0.717) is 12.0 Å². The SMILES string of the molecule is CCCCCCCCCCCC(O)C(O)CC(O)C(=O)c1ccccc1. The molecule has 0 aliphatic rings. The van der Waals surface area contributed by atoms with Gasteiger partial charge in [-0.05, 0) is 6.42 Å². The van der Waals surface area contributed by atoms with Gasteiger partial charge < -0.3 is 15.3 Å². The number of Topliss-reactive ketones (excluding diaryl/α,β-unsaturated/α-hetero) is 1. The predicted molar refractivity (Wildman–Crippen MR) is 105 cm³/mol. The molecule has 0 radical (unpaired) electrons. The standard InChI is InChI=1S/C22H36O4/c1-2-3-4-5-6-7-8-9-13-16-19(23)20(24)17-21(25)22(26)18-14-11-10-12-15-18/h10-12,14-15,19-21,23-25H,2-9,13,16-17H2,1H3. The molecule has 1 aromatic carbocycles. The van der Waals surface area contributed by atoms with Gasteiger partial charge in [0, 0.05) is 12.0 Å². The molecule has 0 saturated carbocycles. The maximum atomic E-state index is 12.1. The molecule has 26 heavy (non-hydrogen) atoms. The molecular weight excluding hydrogens is 328 g/mol. The number of carbonyl (C=O) groups is 1. The van der Waals surface area contributed by atoms with Crippen molar-refractivity contribution in [2.45, 2.75) is 95.9 Å². The highest BCUT2D eigenvalue weighted by molar-refractivity contribution is 5.99. The fourth-order valence-corrected chi connectivity index (χ4v) is 3.14. The van der Waals surface area contributed by atoms with E-state index in [9.17, 15) is 20.1 Å². The Morgan fingerprint density at radius 1 is 0.808 bits per heavy atom. The summed E-state index contributed by atoms with van der Waals surface area (Å²) in [5, 5.41) is 30.1. The molecule has 148 valence electrons. The summed E-state index contributed by atoms with van der Waals surface area (Å²) in [6.45, 7) is 2.22. The highest BCUT2D eigenvalue weighted by atomic mass is 16.3. The second kappa shape index (κ2) is 13.9. The van der Waals surface area contributed by atoms with Crippen LogP contribution in [0.2, 0.25) is 0 Å². The summed E-state index contributed by atoms with van der Waals surface area (Å²) in [6.07, 6.45) is 7.90. The van der Waals surface area contributed by atoms with Crippen molar-refractivity contribution >= 4 is 5.78 Å². The van der Waals surface area contributed by atoms with Crippen molar-refractivity contribution in [3.8, 4) is 0 Å². The monoisotopic (exact) mass is 364 g/mol. The van der Waals surface area contributed by atoms with E-state index in [4.69, 9.17) is 0 Å².